The maximum atomic E-state index is 13.2. The quantitative estimate of drug-likeness (QED) is 0.555. The second-order valence-corrected chi connectivity index (χ2v) is 10.0. The molecule has 0 spiro atoms. The van der Waals surface area contributed by atoms with Crippen molar-refractivity contribution in [3.63, 3.8) is 0 Å². The minimum absolute atomic E-state index is 0.0372. The van der Waals surface area contributed by atoms with Gasteiger partial charge in [0.15, 0.2) is 5.16 Å². The molecule has 1 saturated heterocycles. The molecule has 1 aromatic heterocycles. The number of anilines is 1. The van der Waals surface area contributed by atoms with E-state index in [1.807, 2.05) is 4.57 Å². The Balaban J connectivity index is 1.47. The molecule has 2 fully saturated rings. The van der Waals surface area contributed by atoms with Crippen molar-refractivity contribution >= 4 is 33.4 Å². The molecular weight excluding hydrogens is 442 g/mol. The van der Waals surface area contributed by atoms with Crippen LogP contribution in [0.25, 0.3) is 0 Å². The fourth-order valence-corrected chi connectivity index (χ4v) is 5.60. The van der Waals surface area contributed by atoms with Gasteiger partial charge in [-0.25, -0.2) is 8.42 Å². The first kappa shape index (κ1) is 22.1. The van der Waals surface area contributed by atoms with Crippen molar-refractivity contribution < 1.29 is 22.7 Å². The van der Waals surface area contributed by atoms with E-state index < -0.39 is 10.0 Å². The first-order chi connectivity index (χ1) is 15.0. The second-order valence-electron chi connectivity index (χ2n) is 7.20. The molecule has 12 heteroatoms. The van der Waals surface area contributed by atoms with Gasteiger partial charge < -0.3 is 19.4 Å². The van der Waals surface area contributed by atoms with E-state index in [9.17, 15) is 13.2 Å². The predicted octanol–water partition coefficient (Wildman–Crippen LogP) is 1.76. The lowest BCUT2D eigenvalue weighted by molar-refractivity contribution is -0.113. The van der Waals surface area contributed by atoms with E-state index in [0.717, 1.165) is 12.8 Å². The van der Waals surface area contributed by atoms with Crippen LogP contribution in [-0.2, 0) is 19.6 Å². The Hall–Kier alpha value is -2.15. The standard InChI is InChI=1S/C19H25N5O5S2/c1-2-29-16-6-3-14(11-17(16)31(26,27)23-7-9-28-10-8-23)21-18(25)12-30-19-22-20-13-24(19)15-4-5-15/h3,6,11,13,15H,2,4-5,7-10,12H2,1H3,(H,21,25). The van der Waals surface area contributed by atoms with Crippen LogP contribution < -0.4 is 10.1 Å². The van der Waals surface area contributed by atoms with Crippen LogP contribution in [0.3, 0.4) is 0 Å². The highest BCUT2D eigenvalue weighted by atomic mass is 32.2. The summed E-state index contributed by atoms with van der Waals surface area (Å²) in [7, 11) is -3.78. The Kier molecular flexibility index (Phi) is 6.80. The van der Waals surface area contributed by atoms with Crippen LogP contribution in [0.2, 0.25) is 0 Å². The minimum atomic E-state index is -3.78. The Labute approximate surface area is 185 Å². The molecule has 1 saturated carbocycles. The van der Waals surface area contributed by atoms with Gasteiger partial charge in [0, 0.05) is 24.8 Å². The van der Waals surface area contributed by atoms with Gasteiger partial charge in [-0.05, 0) is 38.0 Å². The van der Waals surface area contributed by atoms with E-state index in [1.165, 1.54) is 22.1 Å². The summed E-state index contributed by atoms with van der Waals surface area (Å²) in [5.74, 6) is 0.151. The molecular formula is C19H25N5O5S2. The van der Waals surface area contributed by atoms with Crippen LogP contribution in [0.4, 0.5) is 5.69 Å². The summed E-state index contributed by atoms with van der Waals surface area (Å²) in [6.07, 6.45) is 3.89. The number of sulfonamides is 1. The van der Waals surface area contributed by atoms with E-state index in [-0.39, 0.29) is 35.4 Å². The maximum Gasteiger partial charge on any atom is 0.246 e. The molecule has 168 valence electrons. The summed E-state index contributed by atoms with van der Waals surface area (Å²) in [6, 6.07) is 5.09. The maximum absolute atomic E-state index is 13.2. The van der Waals surface area contributed by atoms with E-state index in [0.29, 0.717) is 36.7 Å². The number of carbonyl (C=O) groups is 1. The van der Waals surface area contributed by atoms with Crippen LogP contribution in [0.1, 0.15) is 25.8 Å². The molecule has 1 aromatic carbocycles. The molecule has 2 aromatic rings. The number of carbonyl (C=O) groups excluding carboxylic acids is 1. The van der Waals surface area contributed by atoms with Crippen molar-refractivity contribution in [3.05, 3.63) is 24.5 Å². The average Bonchev–Trinajstić information content (AvgIpc) is 3.51. The number of amides is 1. The van der Waals surface area contributed by atoms with Gasteiger partial charge in [-0.2, -0.15) is 4.31 Å². The lowest BCUT2D eigenvalue weighted by atomic mass is 10.3. The monoisotopic (exact) mass is 467 g/mol. The van der Waals surface area contributed by atoms with Crippen LogP contribution in [-0.4, -0.2) is 72.1 Å². The fourth-order valence-electron chi connectivity index (χ4n) is 3.25. The number of aromatic nitrogens is 3. The van der Waals surface area contributed by atoms with Crippen LogP contribution in [0, 0.1) is 0 Å². The third-order valence-electron chi connectivity index (χ3n) is 4.93. The van der Waals surface area contributed by atoms with Crippen molar-refractivity contribution in [2.45, 2.75) is 35.9 Å². The number of rotatable bonds is 9. The molecule has 2 heterocycles. The van der Waals surface area contributed by atoms with Crippen LogP contribution >= 0.6 is 11.8 Å². The Morgan fingerprint density at radius 2 is 2.10 bits per heavy atom. The molecule has 31 heavy (non-hydrogen) atoms. The van der Waals surface area contributed by atoms with Gasteiger partial charge in [-0.1, -0.05) is 11.8 Å². The Morgan fingerprint density at radius 1 is 1.32 bits per heavy atom. The molecule has 0 atom stereocenters. The lowest BCUT2D eigenvalue weighted by Gasteiger charge is -2.27. The second kappa shape index (κ2) is 9.55. The van der Waals surface area contributed by atoms with Gasteiger partial charge in [0.05, 0.1) is 25.6 Å². The van der Waals surface area contributed by atoms with Crippen LogP contribution in [0.5, 0.6) is 5.75 Å². The lowest BCUT2D eigenvalue weighted by Crippen LogP contribution is -2.40. The SMILES string of the molecule is CCOc1ccc(NC(=O)CSc2nncn2C2CC2)cc1S(=O)(=O)N1CCOCC1. The average molecular weight is 468 g/mol. The summed E-state index contributed by atoms with van der Waals surface area (Å²) in [5, 5.41) is 11.5. The van der Waals surface area contributed by atoms with Crippen molar-refractivity contribution in [1.82, 2.24) is 19.1 Å². The molecule has 10 nitrogen and oxygen atoms in total. The summed E-state index contributed by atoms with van der Waals surface area (Å²) in [4.78, 5) is 12.5. The van der Waals surface area contributed by atoms with Gasteiger partial charge in [0.25, 0.3) is 0 Å². The molecule has 1 amide bonds. The van der Waals surface area contributed by atoms with Gasteiger partial charge in [0.2, 0.25) is 15.9 Å². The van der Waals surface area contributed by atoms with Gasteiger partial charge in [-0.15, -0.1) is 10.2 Å². The third-order valence-corrected chi connectivity index (χ3v) is 7.81. The predicted molar refractivity (Wildman–Crippen MR) is 115 cm³/mol. The van der Waals surface area contributed by atoms with E-state index >= 15 is 0 Å². The van der Waals surface area contributed by atoms with Crippen molar-refractivity contribution in [1.29, 1.82) is 0 Å². The van der Waals surface area contributed by atoms with Gasteiger partial charge >= 0.3 is 0 Å². The van der Waals surface area contributed by atoms with Crippen molar-refractivity contribution in [2.24, 2.45) is 0 Å². The number of nitrogens with one attached hydrogen (secondary N) is 1. The summed E-state index contributed by atoms with van der Waals surface area (Å²) < 4.78 is 40.5. The number of nitrogens with zero attached hydrogens (tertiary/aromatic N) is 4. The van der Waals surface area contributed by atoms with Gasteiger partial charge in [-0.3, -0.25) is 4.79 Å². The first-order valence-corrected chi connectivity index (χ1v) is 12.6. The Morgan fingerprint density at radius 3 is 2.81 bits per heavy atom. The smallest absolute Gasteiger partial charge is 0.246 e. The normalized spacial score (nSPS) is 17.5. The molecule has 1 N–H and O–H groups in total. The van der Waals surface area contributed by atoms with E-state index in [4.69, 9.17) is 9.47 Å². The largest absolute Gasteiger partial charge is 0.492 e. The van der Waals surface area contributed by atoms with E-state index in [1.54, 1.807) is 25.4 Å². The molecule has 0 bridgehead atoms. The summed E-state index contributed by atoms with van der Waals surface area (Å²) in [5.41, 5.74) is 0.393. The van der Waals surface area contributed by atoms with Gasteiger partial charge in [0.1, 0.15) is 17.0 Å². The third kappa shape index (κ3) is 5.20. The molecule has 4 rings (SSSR count). The molecule has 0 radical (unpaired) electrons. The zero-order valence-corrected chi connectivity index (χ0v) is 18.8. The number of benzene rings is 1. The highest BCUT2D eigenvalue weighted by molar-refractivity contribution is 7.99. The number of hydrogen-bond donors (Lipinski definition) is 1. The molecule has 1 aliphatic heterocycles. The number of thioether (sulfide) groups is 1. The van der Waals surface area contributed by atoms with Crippen molar-refractivity contribution in [2.75, 3.05) is 44.0 Å². The summed E-state index contributed by atoms with van der Waals surface area (Å²) >= 11 is 1.31. The highest BCUT2D eigenvalue weighted by Crippen LogP contribution is 2.37. The number of morpholine rings is 1. The molecule has 2 aliphatic rings. The topological polar surface area (TPSA) is 116 Å². The first-order valence-electron chi connectivity index (χ1n) is 10.2. The summed E-state index contributed by atoms with van der Waals surface area (Å²) in [6.45, 7) is 3.38. The Bertz CT molecular complexity index is 1030. The fraction of sp³-hybridized carbons (Fsp3) is 0.526. The zero-order valence-electron chi connectivity index (χ0n) is 17.2. The zero-order chi connectivity index (χ0) is 21.8. The highest BCUT2D eigenvalue weighted by Gasteiger charge is 2.30. The molecule has 0 unspecified atom stereocenters. The number of ether oxygens (including phenoxy) is 2. The minimum Gasteiger partial charge on any atom is -0.492 e. The van der Waals surface area contributed by atoms with E-state index in [2.05, 4.69) is 15.5 Å². The van der Waals surface area contributed by atoms with Crippen molar-refractivity contribution in [3.8, 4) is 5.75 Å². The molecule has 1 aliphatic carbocycles. The number of hydrogen-bond acceptors (Lipinski definition) is 8. The van der Waals surface area contributed by atoms with Crippen LogP contribution in [0.15, 0.2) is 34.6 Å².